The summed E-state index contributed by atoms with van der Waals surface area (Å²) >= 11 is 0. The van der Waals surface area contributed by atoms with Gasteiger partial charge in [-0.15, -0.1) is 0 Å². The number of fused-ring (bicyclic) bond motifs is 1. The van der Waals surface area contributed by atoms with E-state index in [0.29, 0.717) is 5.57 Å². The van der Waals surface area contributed by atoms with Crippen molar-refractivity contribution in [3.8, 4) is 0 Å². The topological polar surface area (TPSA) is 43.4 Å². The van der Waals surface area contributed by atoms with Gasteiger partial charge in [-0.2, -0.15) is 0 Å². The minimum Gasteiger partial charge on any atom is -0.468 e. The smallest absolute Gasteiger partial charge is 0.317 e. The largest absolute Gasteiger partial charge is 0.468 e. The molecule has 2 aliphatic rings. The number of allylic oxidation sites excluding steroid dienone is 1. The molecule has 0 aromatic carbocycles. The van der Waals surface area contributed by atoms with Gasteiger partial charge in [0.25, 0.3) is 0 Å². The first-order valence-electron chi connectivity index (χ1n) is 4.71. The lowest BCUT2D eigenvalue weighted by molar-refractivity contribution is -0.146. The molecule has 0 radical (unpaired) electrons. The van der Waals surface area contributed by atoms with Crippen molar-refractivity contribution in [3.63, 3.8) is 0 Å². The van der Waals surface area contributed by atoms with Gasteiger partial charge in [0.1, 0.15) is 5.41 Å². The Labute approximate surface area is 83.1 Å². The molecule has 14 heavy (non-hydrogen) atoms. The molecule has 0 amide bonds. The second-order valence-corrected chi connectivity index (χ2v) is 4.71. The Morgan fingerprint density at radius 3 is 2.50 bits per heavy atom. The lowest BCUT2D eigenvalue weighted by Crippen LogP contribution is -2.20. The zero-order valence-corrected chi connectivity index (χ0v) is 8.88. The van der Waals surface area contributed by atoms with Crippen LogP contribution in [0.25, 0.3) is 0 Å². The molecule has 0 heterocycles. The third kappa shape index (κ3) is 0.703. The van der Waals surface area contributed by atoms with Crippen molar-refractivity contribution in [2.24, 2.45) is 16.7 Å². The highest BCUT2D eigenvalue weighted by Crippen LogP contribution is 2.74. The van der Waals surface area contributed by atoms with Crippen molar-refractivity contribution < 1.29 is 14.3 Å². The first-order valence-corrected chi connectivity index (χ1v) is 4.71. The number of methoxy groups -OCH3 is 1. The van der Waals surface area contributed by atoms with E-state index in [1.54, 1.807) is 13.0 Å². The van der Waals surface area contributed by atoms with Crippen molar-refractivity contribution in [1.82, 2.24) is 0 Å². The molecular weight excluding hydrogens is 180 g/mol. The van der Waals surface area contributed by atoms with Crippen LogP contribution in [-0.2, 0) is 14.3 Å². The van der Waals surface area contributed by atoms with Crippen LogP contribution in [0.2, 0.25) is 0 Å². The second kappa shape index (κ2) is 2.27. The average Bonchev–Trinajstić information content (AvgIpc) is 2.43. The summed E-state index contributed by atoms with van der Waals surface area (Å²) in [4.78, 5) is 23.4. The average molecular weight is 194 g/mol. The summed E-state index contributed by atoms with van der Waals surface area (Å²) in [6.45, 7) is 5.64. The minimum absolute atomic E-state index is 0.0976. The Hall–Kier alpha value is -1.12. The highest BCUT2D eigenvalue weighted by molar-refractivity contribution is 6.10. The summed E-state index contributed by atoms with van der Waals surface area (Å²) in [5, 5.41) is 0. The van der Waals surface area contributed by atoms with Crippen LogP contribution in [-0.4, -0.2) is 18.9 Å². The second-order valence-electron chi connectivity index (χ2n) is 4.71. The molecule has 0 aromatic rings. The molecule has 0 aromatic heterocycles. The van der Waals surface area contributed by atoms with E-state index in [1.807, 2.05) is 13.8 Å². The molecule has 0 saturated heterocycles. The van der Waals surface area contributed by atoms with E-state index in [-0.39, 0.29) is 23.1 Å². The van der Waals surface area contributed by atoms with Crippen LogP contribution in [0.5, 0.6) is 0 Å². The molecule has 0 aliphatic heterocycles. The molecule has 3 heteroatoms. The van der Waals surface area contributed by atoms with Crippen LogP contribution in [0.4, 0.5) is 0 Å². The van der Waals surface area contributed by atoms with Crippen molar-refractivity contribution >= 4 is 11.8 Å². The van der Waals surface area contributed by atoms with E-state index >= 15 is 0 Å². The van der Waals surface area contributed by atoms with E-state index in [4.69, 9.17) is 4.74 Å². The predicted octanol–water partition coefficient (Wildman–Crippen LogP) is 1.33. The van der Waals surface area contributed by atoms with Crippen molar-refractivity contribution in [1.29, 1.82) is 0 Å². The Kier molecular flexibility index (Phi) is 1.53. The van der Waals surface area contributed by atoms with Crippen LogP contribution in [0, 0.1) is 16.7 Å². The van der Waals surface area contributed by atoms with Crippen molar-refractivity contribution in [2.45, 2.75) is 20.8 Å². The van der Waals surface area contributed by atoms with Crippen LogP contribution in [0.15, 0.2) is 11.6 Å². The standard InChI is InChI=1S/C11H14O3/c1-6-5-11(9(13)14-4)8(7(6)12)10(11,2)3/h5,8H,1-4H3/t8-,11-/m0/s1. The summed E-state index contributed by atoms with van der Waals surface area (Å²) in [6.07, 6.45) is 1.78. The van der Waals surface area contributed by atoms with Gasteiger partial charge in [-0.1, -0.05) is 19.9 Å². The molecule has 3 nitrogen and oxygen atoms in total. The van der Waals surface area contributed by atoms with Gasteiger partial charge in [-0.05, 0) is 17.9 Å². The Bertz CT molecular complexity index is 365. The number of hydrogen-bond donors (Lipinski definition) is 0. The SMILES string of the molecule is COC(=O)[C@]12C=C(C)C(=O)[C@H]1C2(C)C. The van der Waals surface area contributed by atoms with E-state index in [9.17, 15) is 9.59 Å². The number of rotatable bonds is 1. The molecule has 2 atom stereocenters. The van der Waals surface area contributed by atoms with E-state index in [2.05, 4.69) is 0 Å². The number of Topliss-reactive ketones (excluding diaryl/α,β-unsaturated/α-hetero) is 1. The summed E-state index contributed by atoms with van der Waals surface area (Å²) in [7, 11) is 1.37. The fourth-order valence-electron chi connectivity index (χ4n) is 2.85. The molecule has 0 N–H and O–H groups in total. The number of ether oxygens (including phenoxy) is 1. The Balaban J connectivity index is 2.47. The summed E-state index contributed by atoms with van der Waals surface area (Å²) < 4.78 is 4.78. The summed E-state index contributed by atoms with van der Waals surface area (Å²) in [6, 6.07) is 0. The Morgan fingerprint density at radius 2 is 2.07 bits per heavy atom. The Morgan fingerprint density at radius 1 is 1.50 bits per heavy atom. The molecule has 1 saturated carbocycles. The van der Waals surface area contributed by atoms with Crippen LogP contribution in [0.1, 0.15) is 20.8 Å². The van der Waals surface area contributed by atoms with Crippen LogP contribution < -0.4 is 0 Å². The van der Waals surface area contributed by atoms with Gasteiger partial charge in [0.15, 0.2) is 5.78 Å². The van der Waals surface area contributed by atoms with Crippen LogP contribution in [0.3, 0.4) is 0 Å². The number of carbonyl (C=O) groups excluding carboxylic acids is 2. The van der Waals surface area contributed by atoms with Crippen molar-refractivity contribution in [3.05, 3.63) is 11.6 Å². The van der Waals surface area contributed by atoms with Gasteiger partial charge in [0, 0.05) is 5.92 Å². The van der Waals surface area contributed by atoms with Crippen molar-refractivity contribution in [2.75, 3.05) is 7.11 Å². The highest BCUT2D eigenvalue weighted by Gasteiger charge is 2.80. The van der Waals surface area contributed by atoms with Gasteiger partial charge < -0.3 is 4.74 Å². The molecule has 2 aliphatic carbocycles. The lowest BCUT2D eigenvalue weighted by Gasteiger charge is -2.12. The molecule has 1 fully saturated rings. The van der Waals surface area contributed by atoms with Crippen LogP contribution >= 0.6 is 0 Å². The normalized spacial score (nSPS) is 37.6. The molecule has 0 spiro atoms. The van der Waals surface area contributed by atoms with Gasteiger partial charge in [0.2, 0.25) is 0 Å². The fraction of sp³-hybridized carbons (Fsp3) is 0.636. The van der Waals surface area contributed by atoms with E-state index in [1.165, 1.54) is 7.11 Å². The third-order valence-electron chi connectivity index (χ3n) is 3.78. The zero-order chi connectivity index (χ0) is 10.7. The third-order valence-corrected chi connectivity index (χ3v) is 3.78. The number of hydrogen-bond acceptors (Lipinski definition) is 3. The lowest BCUT2D eigenvalue weighted by atomic mass is 9.93. The quantitative estimate of drug-likeness (QED) is 0.591. The number of ketones is 1. The fourth-order valence-corrected chi connectivity index (χ4v) is 2.85. The predicted molar refractivity (Wildman–Crippen MR) is 50.5 cm³/mol. The molecule has 76 valence electrons. The molecule has 0 unspecified atom stereocenters. The number of esters is 1. The van der Waals surface area contributed by atoms with Gasteiger partial charge >= 0.3 is 5.97 Å². The minimum atomic E-state index is -0.664. The first kappa shape index (κ1) is 9.44. The zero-order valence-electron chi connectivity index (χ0n) is 8.88. The highest BCUT2D eigenvalue weighted by atomic mass is 16.5. The van der Waals surface area contributed by atoms with Gasteiger partial charge in [-0.25, -0.2) is 0 Å². The molecule has 0 bridgehead atoms. The first-order chi connectivity index (χ1) is 6.39. The van der Waals surface area contributed by atoms with Gasteiger partial charge in [-0.3, -0.25) is 9.59 Å². The monoisotopic (exact) mass is 194 g/mol. The summed E-state index contributed by atoms with van der Waals surface area (Å²) in [5.74, 6) is -0.374. The maximum absolute atomic E-state index is 11.7. The van der Waals surface area contributed by atoms with Gasteiger partial charge in [0.05, 0.1) is 7.11 Å². The maximum atomic E-state index is 11.7. The maximum Gasteiger partial charge on any atom is 0.317 e. The summed E-state index contributed by atoms with van der Waals surface area (Å²) in [5.41, 5.74) is -0.237. The molecule has 2 rings (SSSR count). The van der Waals surface area contributed by atoms with E-state index < -0.39 is 5.41 Å². The number of carbonyl (C=O) groups is 2. The van der Waals surface area contributed by atoms with E-state index in [0.717, 1.165) is 0 Å². The molecular formula is C11H14O3.